The van der Waals surface area contributed by atoms with Crippen molar-refractivity contribution in [2.45, 2.75) is 31.2 Å². The zero-order valence-electron chi connectivity index (χ0n) is 11.9. The molecule has 1 aliphatic carbocycles. The van der Waals surface area contributed by atoms with E-state index in [1.165, 1.54) is 18.4 Å². The highest BCUT2D eigenvalue weighted by Gasteiger charge is 2.31. The number of hydrogen-bond donors (Lipinski definition) is 1. The van der Waals surface area contributed by atoms with E-state index in [1.54, 1.807) is 0 Å². The highest BCUT2D eigenvalue weighted by Crippen LogP contribution is 2.41. The highest BCUT2D eigenvalue weighted by atomic mass is 16.3. The Morgan fingerprint density at radius 2 is 2.25 bits per heavy atom. The van der Waals surface area contributed by atoms with Gasteiger partial charge in [-0.05, 0) is 56.5 Å². The summed E-state index contributed by atoms with van der Waals surface area (Å²) in [5, 5.41) is 0. The maximum atomic E-state index is 5.83. The van der Waals surface area contributed by atoms with Crippen molar-refractivity contribution in [2.75, 3.05) is 20.1 Å². The van der Waals surface area contributed by atoms with E-state index in [2.05, 4.69) is 35.1 Å². The van der Waals surface area contributed by atoms with E-state index in [0.717, 1.165) is 36.5 Å². The monoisotopic (exact) mass is 271 g/mol. The Hall–Kier alpha value is -1.39. The van der Waals surface area contributed by atoms with Crippen molar-refractivity contribution in [3.63, 3.8) is 0 Å². The van der Waals surface area contributed by atoms with Crippen LogP contribution in [-0.2, 0) is 0 Å². The molecule has 0 spiro atoms. The fourth-order valence-electron chi connectivity index (χ4n) is 3.34. The quantitative estimate of drug-likeness (QED) is 0.932. The van der Waals surface area contributed by atoms with Crippen molar-refractivity contribution in [1.82, 2.24) is 9.88 Å². The molecule has 4 heteroatoms. The molecule has 1 saturated carbocycles. The summed E-state index contributed by atoms with van der Waals surface area (Å²) in [4.78, 5) is 7.06. The number of fused-ring (bicyclic) bond motifs is 1. The standard InChI is InChI=1S/C16H21N3O/c1-19-9-10(8-17)6-14(19)12-4-5-15-13(7-12)18-16(20-15)11-2-3-11/h4-5,7,10-11,14H,2-3,6,8-9,17H2,1H3. The average Bonchev–Trinajstić information content (AvgIpc) is 3.11. The second-order valence-electron chi connectivity index (χ2n) is 6.35. The van der Waals surface area contributed by atoms with Gasteiger partial charge in [0.1, 0.15) is 5.52 Å². The molecule has 1 saturated heterocycles. The lowest BCUT2D eigenvalue weighted by Crippen LogP contribution is -2.20. The van der Waals surface area contributed by atoms with Gasteiger partial charge in [-0.1, -0.05) is 6.07 Å². The average molecular weight is 271 g/mol. The molecule has 2 unspecified atom stereocenters. The minimum absolute atomic E-state index is 0.467. The number of benzene rings is 1. The van der Waals surface area contributed by atoms with Crippen LogP contribution in [-0.4, -0.2) is 30.0 Å². The Bertz CT molecular complexity index is 632. The molecular weight excluding hydrogens is 250 g/mol. The van der Waals surface area contributed by atoms with Gasteiger partial charge in [-0.15, -0.1) is 0 Å². The van der Waals surface area contributed by atoms with E-state index in [4.69, 9.17) is 10.2 Å². The summed E-state index contributed by atoms with van der Waals surface area (Å²) >= 11 is 0. The van der Waals surface area contributed by atoms with Crippen molar-refractivity contribution < 1.29 is 4.42 Å². The molecule has 2 fully saturated rings. The topological polar surface area (TPSA) is 55.3 Å². The van der Waals surface area contributed by atoms with Crippen LogP contribution in [0.4, 0.5) is 0 Å². The fraction of sp³-hybridized carbons (Fsp3) is 0.562. The third kappa shape index (κ3) is 2.03. The van der Waals surface area contributed by atoms with E-state index in [-0.39, 0.29) is 0 Å². The van der Waals surface area contributed by atoms with Crippen LogP contribution in [0, 0.1) is 5.92 Å². The van der Waals surface area contributed by atoms with Crippen molar-refractivity contribution in [3.8, 4) is 0 Å². The Morgan fingerprint density at radius 1 is 1.40 bits per heavy atom. The van der Waals surface area contributed by atoms with E-state index < -0.39 is 0 Å². The first-order chi connectivity index (χ1) is 9.74. The number of oxazole rings is 1. The Morgan fingerprint density at radius 3 is 2.95 bits per heavy atom. The van der Waals surface area contributed by atoms with Gasteiger partial charge in [0.05, 0.1) is 0 Å². The minimum atomic E-state index is 0.467. The molecule has 0 radical (unpaired) electrons. The van der Waals surface area contributed by atoms with Gasteiger partial charge >= 0.3 is 0 Å². The zero-order chi connectivity index (χ0) is 13.7. The third-order valence-electron chi connectivity index (χ3n) is 4.71. The summed E-state index contributed by atoms with van der Waals surface area (Å²) in [6.07, 6.45) is 3.60. The second kappa shape index (κ2) is 4.57. The minimum Gasteiger partial charge on any atom is -0.440 e. The van der Waals surface area contributed by atoms with Gasteiger partial charge in [-0.25, -0.2) is 4.98 Å². The smallest absolute Gasteiger partial charge is 0.198 e. The van der Waals surface area contributed by atoms with Gasteiger partial charge < -0.3 is 10.2 Å². The van der Waals surface area contributed by atoms with E-state index in [1.807, 2.05) is 0 Å². The SMILES string of the molecule is CN1CC(CN)CC1c1ccc2oc(C3CC3)nc2c1. The second-order valence-corrected chi connectivity index (χ2v) is 6.35. The van der Waals surface area contributed by atoms with E-state index >= 15 is 0 Å². The maximum Gasteiger partial charge on any atom is 0.198 e. The molecule has 4 nitrogen and oxygen atoms in total. The van der Waals surface area contributed by atoms with Crippen LogP contribution in [0.5, 0.6) is 0 Å². The lowest BCUT2D eigenvalue weighted by molar-refractivity contribution is 0.314. The molecule has 2 heterocycles. The van der Waals surface area contributed by atoms with Crippen molar-refractivity contribution in [1.29, 1.82) is 0 Å². The van der Waals surface area contributed by atoms with Crippen LogP contribution in [0.1, 0.15) is 42.7 Å². The van der Waals surface area contributed by atoms with Crippen LogP contribution >= 0.6 is 0 Å². The molecule has 2 atom stereocenters. The van der Waals surface area contributed by atoms with Crippen molar-refractivity contribution in [2.24, 2.45) is 11.7 Å². The number of likely N-dealkylation sites (tertiary alicyclic amines) is 1. The van der Waals surface area contributed by atoms with Gasteiger partial charge in [0.15, 0.2) is 11.5 Å². The van der Waals surface area contributed by atoms with Crippen LogP contribution < -0.4 is 5.73 Å². The Labute approximate surface area is 118 Å². The molecular formula is C16H21N3O. The predicted octanol–water partition coefficient (Wildman–Crippen LogP) is 2.66. The van der Waals surface area contributed by atoms with E-state index in [0.29, 0.717) is 17.9 Å². The molecule has 0 bridgehead atoms. The maximum absolute atomic E-state index is 5.83. The van der Waals surface area contributed by atoms with Crippen LogP contribution in [0.25, 0.3) is 11.1 Å². The number of hydrogen-bond acceptors (Lipinski definition) is 4. The van der Waals surface area contributed by atoms with Gasteiger partial charge in [-0.2, -0.15) is 0 Å². The summed E-state index contributed by atoms with van der Waals surface area (Å²) in [7, 11) is 2.18. The summed E-state index contributed by atoms with van der Waals surface area (Å²) in [6, 6.07) is 6.93. The molecule has 1 aliphatic heterocycles. The van der Waals surface area contributed by atoms with Gasteiger partial charge in [0.2, 0.25) is 0 Å². The van der Waals surface area contributed by atoms with Crippen LogP contribution in [0.15, 0.2) is 22.6 Å². The summed E-state index contributed by atoms with van der Waals surface area (Å²) in [5.74, 6) is 2.11. The van der Waals surface area contributed by atoms with Crippen molar-refractivity contribution in [3.05, 3.63) is 29.7 Å². The number of nitrogens with two attached hydrogens (primary N) is 1. The molecule has 20 heavy (non-hydrogen) atoms. The van der Waals surface area contributed by atoms with Crippen LogP contribution in [0.2, 0.25) is 0 Å². The first kappa shape index (κ1) is 12.4. The highest BCUT2D eigenvalue weighted by molar-refractivity contribution is 5.73. The normalized spacial score (nSPS) is 27.5. The number of rotatable bonds is 3. The molecule has 1 aromatic carbocycles. The number of nitrogens with zero attached hydrogens (tertiary/aromatic N) is 2. The molecule has 4 rings (SSSR count). The predicted molar refractivity (Wildman–Crippen MR) is 78.5 cm³/mol. The molecule has 2 aliphatic rings. The third-order valence-corrected chi connectivity index (χ3v) is 4.71. The lowest BCUT2D eigenvalue weighted by Gasteiger charge is -2.19. The molecule has 1 aromatic heterocycles. The molecule has 2 aromatic rings. The fourth-order valence-corrected chi connectivity index (χ4v) is 3.34. The van der Waals surface area contributed by atoms with Gasteiger partial charge in [0, 0.05) is 18.5 Å². The van der Waals surface area contributed by atoms with Crippen LogP contribution in [0.3, 0.4) is 0 Å². The lowest BCUT2D eigenvalue weighted by atomic mass is 10.00. The molecule has 106 valence electrons. The number of aromatic nitrogens is 1. The van der Waals surface area contributed by atoms with Gasteiger partial charge in [0.25, 0.3) is 0 Å². The van der Waals surface area contributed by atoms with Gasteiger partial charge in [-0.3, -0.25) is 4.90 Å². The summed E-state index contributed by atoms with van der Waals surface area (Å²) in [6.45, 7) is 1.87. The first-order valence-corrected chi connectivity index (χ1v) is 7.55. The van der Waals surface area contributed by atoms with E-state index in [9.17, 15) is 0 Å². The zero-order valence-corrected chi connectivity index (χ0v) is 11.9. The first-order valence-electron chi connectivity index (χ1n) is 7.55. The Balaban J connectivity index is 1.66. The summed E-state index contributed by atoms with van der Waals surface area (Å²) in [5.41, 5.74) is 9.09. The summed E-state index contributed by atoms with van der Waals surface area (Å²) < 4.78 is 5.83. The molecule has 0 amide bonds. The largest absolute Gasteiger partial charge is 0.440 e. The Kier molecular flexibility index (Phi) is 2.82. The van der Waals surface area contributed by atoms with Crippen molar-refractivity contribution >= 4 is 11.1 Å². The molecule has 2 N–H and O–H groups in total.